The Bertz CT molecular complexity index is 1030. The number of para-hydroxylation sites is 1. The van der Waals surface area contributed by atoms with E-state index >= 15 is 0 Å². The topological polar surface area (TPSA) is 107 Å². The van der Waals surface area contributed by atoms with Crippen molar-refractivity contribution >= 4 is 39.4 Å². The Morgan fingerprint density at radius 1 is 1.25 bits per heavy atom. The second kappa shape index (κ2) is 10.6. The van der Waals surface area contributed by atoms with Gasteiger partial charge in [0.1, 0.15) is 11.6 Å². The molecule has 8 nitrogen and oxygen atoms in total. The average molecular weight is 563 g/mol. The van der Waals surface area contributed by atoms with Crippen LogP contribution in [-0.4, -0.2) is 75.2 Å². The molecular formula is C27H35BrN2O6. The number of aliphatic hydroxyl groups is 1. The molecule has 0 saturated carbocycles. The van der Waals surface area contributed by atoms with Gasteiger partial charge in [-0.15, -0.1) is 6.58 Å². The quantitative estimate of drug-likeness (QED) is 0.243. The molecule has 36 heavy (non-hydrogen) atoms. The lowest BCUT2D eigenvalue weighted by Crippen LogP contribution is -2.57. The van der Waals surface area contributed by atoms with Crippen molar-refractivity contribution in [3.63, 3.8) is 0 Å². The average Bonchev–Trinajstić information content (AvgIpc) is 3.41. The first-order valence-electron chi connectivity index (χ1n) is 12.6. The number of carbonyl (C=O) groups excluding carboxylic acids is 2. The minimum atomic E-state index is -1.20. The number of alkyl halides is 1. The summed E-state index contributed by atoms with van der Waals surface area (Å²) in [5.74, 6) is -3.56. The van der Waals surface area contributed by atoms with Crippen molar-refractivity contribution in [3.05, 3.63) is 42.0 Å². The van der Waals surface area contributed by atoms with E-state index in [2.05, 4.69) is 22.5 Å². The summed E-state index contributed by atoms with van der Waals surface area (Å²) in [4.78, 5) is 43.5. The van der Waals surface area contributed by atoms with Gasteiger partial charge in [-0.3, -0.25) is 14.4 Å². The molecule has 3 aliphatic rings. The number of aryl methyl sites for hydroxylation is 2. The maximum absolute atomic E-state index is 14.4. The maximum atomic E-state index is 14.4. The van der Waals surface area contributed by atoms with Crippen molar-refractivity contribution in [3.8, 4) is 0 Å². The number of benzene rings is 1. The zero-order chi connectivity index (χ0) is 26.2. The minimum absolute atomic E-state index is 0.114. The molecule has 196 valence electrons. The second-order valence-corrected chi connectivity index (χ2v) is 11.3. The third kappa shape index (κ3) is 4.29. The number of rotatable bonds is 11. The number of aliphatic hydroxyl groups excluding tert-OH is 1. The van der Waals surface area contributed by atoms with Crippen LogP contribution in [0.4, 0.5) is 5.69 Å². The number of likely N-dealkylation sites (tertiary alicyclic amines) is 1. The van der Waals surface area contributed by atoms with Gasteiger partial charge in [0.05, 0.1) is 17.9 Å². The number of hydrogen-bond acceptors (Lipinski definition) is 5. The SMILES string of the molecule is C=CCN(C(=O)[C@@H]1N(CCCCCCO)C(=O)[C@H]2[C@H](C(=O)O)[C@H]3O[C@@]12CC3Br)c1c(C)cccc1C. The van der Waals surface area contributed by atoms with Gasteiger partial charge in [0.15, 0.2) is 0 Å². The zero-order valence-electron chi connectivity index (χ0n) is 20.9. The van der Waals surface area contributed by atoms with E-state index in [1.807, 2.05) is 32.0 Å². The number of fused-ring (bicyclic) bond motifs is 1. The molecule has 0 aromatic heterocycles. The fraction of sp³-hybridized carbons (Fsp3) is 0.593. The third-order valence-corrected chi connectivity index (χ3v) is 8.75. The van der Waals surface area contributed by atoms with Gasteiger partial charge < -0.3 is 24.7 Å². The van der Waals surface area contributed by atoms with Crippen LogP contribution >= 0.6 is 15.9 Å². The molecule has 6 atom stereocenters. The van der Waals surface area contributed by atoms with E-state index < -0.39 is 35.6 Å². The van der Waals surface area contributed by atoms with Crippen LogP contribution in [0.5, 0.6) is 0 Å². The standard InChI is InChI=1S/C27H35BrN2O6/c1-4-12-29(21-16(2)10-9-11-17(21)3)25(33)23-27-15-18(28)22(36-27)19(26(34)35)20(27)24(32)30(23)13-7-5-6-8-14-31/h4,9-11,18-20,22-23,31H,1,5-8,12-15H2,2-3H3,(H,34,35)/t18?,19-,20+,22-,23-,27+/m0/s1. The smallest absolute Gasteiger partial charge is 0.310 e. The van der Waals surface area contributed by atoms with Crippen LogP contribution in [-0.2, 0) is 19.1 Å². The fourth-order valence-corrected chi connectivity index (χ4v) is 7.42. The molecule has 4 rings (SSSR count). The third-order valence-electron chi connectivity index (χ3n) is 7.90. The van der Waals surface area contributed by atoms with Gasteiger partial charge in [-0.1, -0.05) is 53.0 Å². The normalized spacial score (nSPS) is 30.5. The lowest BCUT2D eigenvalue weighted by molar-refractivity contribution is -0.149. The summed E-state index contributed by atoms with van der Waals surface area (Å²) >= 11 is 3.59. The van der Waals surface area contributed by atoms with Crippen molar-refractivity contribution in [1.82, 2.24) is 4.90 Å². The van der Waals surface area contributed by atoms with Crippen LogP contribution in [0.1, 0.15) is 43.2 Å². The predicted molar refractivity (Wildman–Crippen MR) is 139 cm³/mol. The van der Waals surface area contributed by atoms with E-state index in [1.54, 1.807) is 15.9 Å². The molecule has 3 saturated heterocycles. The summed E-state index contributed by atoms with van der Waals surface area (Å²) in [6.45, 7) is 8.44. The van der Waals surface area contributed by atoms with Crippen molar-refractivity contribution in [2.24, 2.45) is 11.8 Å². The second-order valence-electron chi connectivity index (χ2n) is 10.1. The van der Waals surface area contributed by atoms with Crippen molar-refractivity contribution in [1.29, 1.82) is 0 Å². The lowest BCUT2D eigenvalue weighted by Gasteiger charge is -2.37. The van der Waals surface area contributed by atoms with E-state index in [0.717, 1.165) is 29.7 Å². The molecule has 2 bridgehead atoms. The van der Waals surface area contributed by atoms with Gasteiger partial charge in [0, 0.05) is 30.2 Å². The Hall–Kier alpha value is -2.23. The molecule has 1 aromatic rings. The van der Waals surface area contributed by atoms with Gasteiger partial charge in [-0.2, -0.15) is 0 Å². The van der Waals surface area contributed by atoms with Crippen LogP contribution in [0, 0.1) is 25.7 Å². The van der Waals surface area contributed by atoms with Crippen LogP contribution in [0.2, 0.25) is 0 Å². The highest BCUT2D eigenvalue weighted by Crippen LogP contribution is 2.60. The van der Waals surface area contributed by atoms with Gasteiger partial charge in [0.2, 0.25) is 5.91 Å². The number of ether oxygens (including phenoxy) is 1. The molecule has 1 unspecified atom stereocenters. The first-order valence-corrected chi connectivity index (χ1v) is 13.6. The number of carbonyl (C=O) groups is 3. The summed E-state index contributed by atoms with van der Waals surface area (Å²) < 4.78 is 6.38. The molecule has 9 heteroatoms. The highest BCUT2D eigenvalue weighted by molar-refractivity contribution is 9.09. The lowest BCUT2D eigenvalue weighted by atomic mass is 9.70. The molecule has 1 aromatic carbocycles. The van der Waals surface area contributed by atoms with Gasteiger partial charge >= 0.3 is 5.97 Å². The van der Waals surface area contributed by atoms with E-state index in [1.165, 1.54) is 0 Å². The van der Waals surface area contributed by atoms with Gasteiger partial charge in [0.25, 0.3) is 5.91 Å². The van der Waals surface area contributed by atoms with E-state index in [9.17, 15) is 19.5 Å². The fourth-order valence-electron chi connectivity index (χ4n) is 6.48. The summed E-state index contributed by atoms with van der Waals surface area (Å²) in [5, 5.41) is 19.1. The zero-order valence-corrected chi connectivity index (χ0v) is 22.4. The number of nitrogens with zero attached hydrogens (tertiary/aromatic N) is 2. The Morgan fingerprint density at radius 3 is 2.53 bits per heavy atom. The van der Waals surface area contributed by atoms with Crippen LogP contribution < -0.4 is 4.90 Å². The van der Waals surface area contributed by atoms with Crippen molar-refractivity contribution < 1.29 is 29.3 Å². The number of hydrogen-bond donors (Lipinski definition) is 2. The summed E-state index contributed by atoms with van der Waals surface area (Å²) in [6, 6.07) is 4.89. The summed E-state index contributed by atoms with van der Waals surface area (Å²) in [7, 11) is 0. The molecule has 0 aliphatic carbocycles. The largest absolute Gasteiger partial charge is 0.481 e. The monoisotopic (exact) mass is 562 g/mol. The number of unbranched alkanes of at least 4 members (excludes halogenated alkanes) is 3. The molecule has 3 fully saturated rings. The van der Waals surface area contributed by atoms with Crippen LogP contribution in [0.3, 0.4) is 0 Å². The van der Waals surface area contributed by atoms with Crippen molar-refractivity contribution in [2.75, 3.05) is 24.6 Å². The Balaban J connectivity index is 1.76. The molecule has 2 N–H and O–H groups in total. The number of aliphatic carboxylic acids is 1. The number of halogens is 1. The molecule has 3 aliphatic heterocycles. The molecule has 3 heterocycles. The van der Waals surface area contributed by atoms with Gasteiger partial charge in [-0.25, -0.2) is 0 Å². The summed E-state index contributed by atoms with van der Waals surface area (Å²) in [6.07, 6.45) is 4.34. The number of amides is 2. The molecule has 0 radical (unpaired) electrons. The first kappa shape index (κ1) is 26.8. The molecule has 2 amide bonds. The Morgan fingerprint density at radius 2 is 1.92 bits per heavy atom. The van der Waals surface area contributed by atoms with E-state index in [4.69, 9.17) is 9.84 Å². The number of carboxylic acids is 1. The van der Waals surface area contributed by atoms with Crippen LogP contribution in [0.25, 0.3) is 0 Å². The Kier molecular flexibility index (Phi) is 7.92. The van der Waals surface area contributed by atoms with Gasteiger partial charge in [-0.05, 0) is 44.2 Å². The molecule has 1 spiro atoms. The molecular weight excluding hydrogens is 528 g/mol. The number of carboxylic acid groups (broad SMARTS) is 1. The highest BCUT2D eigenvalue weighted by atomic mass is 79.9. The highest BCUT2D eigenvalue weighted by Gasteiger charge is 2.76. The summed E-state index contributed by atoms with van der Waals surface area (Å²) in [5.41, 5.74) is 1.43. The maximum Gasteiger partial charge on any atom is 0.310 e. The van der Waals surface area contributed by atoms with E-state index in [0.29, 0.717) is 25.8 Å². The van der Waals surface area contributed by atoms with E-state index in [-0.39, 0.29) is 29.8 Å². The number of anilines is 1. The predicted octanol–water partition coefficient (Wildman–Crippen LogP) is 3.21. The van der Waals surface area contributed by atoms with Crippen LogP contribution in [0.15, 0.2) is 30.9 Å². The minimum Gasteiger partial charge on any atom is -0.481 e. The Labute approximate surface area is 220 Å². The van der Waals surface area contributed by atoms with Crippen molar-refractivity contribution in [2.45, 2.75) is 68.5 Å². The first-order chi connectivity index (χ1) is 17.2.